The summed E-state index contributed by atoms with van der Waals surface area (Å²) in [7, 11) is 3.90. The van der Waals surface area contributed by atoms with Crippen LogP contribution in [-0.4, -0.2) is 44.4 Å². The molecule has 0 fully saturated rings. The molecule has 1 unspecified atom stereocenters. The Bertz CT molecular complexity index is 168. The molecule has 0 aliphatic carbocycles. The van der Waals surface area contributed by atoms with E-state index in [-0.39, 0.29) is 0 Å². The lowest BCUT2D eigenvalue weighted by molar-refractivity contribution is -0.169. The molecule has 0 spiro atoms. The molecule has 0 heterocycles. The van der Waals surface area contributed by atoms with Crippen molar-refractivity contribution in [3.8, 4) is 0 Å². The largest absolute Gasteiger partial charge is 0.433 e. The zero-order valence-electron chi connectivity index (χ0n) is 8.45. The number of hydrogen-bond acceptors (Lipinski definition) is 4. The molecule has 0 saturated carbocycles. The highest BCUT2D eigenvalue weighted by molar-refractivity contribution is 5.81. The molecule has 0 aromatic heterocycles. The quantitative estimate of drug-likeness (QED) is 0.347. The van der Waals surface area contributed by atoms with Gasteiger partial charge >= 0.3 is 5.97 Å². The number of rotatable bonds is 6. The second kappa shape index (κ2) is 6.62. The Labute approximate surface area is 79.1 Å². The van der Waals surface area contributed by atoms with Gasteiger partial charge < -0.3 is 14.4 Å². The lowest BCUT2D eigenvalue weighted by Crippen LogP contribution is -2.23. The molecule has 76 valence electrons. The summed E-state index contributed by atoms with van der Waals surface area (Å²) >= 11 is 0. The molecule has 0 N–H and O–H groups in total. The molecule has 1 atom stereocenters. The van der Waals surface area contributed by atoms with Crippen molar-refractivity contribution in [1.82, 2.24) is 4.90 Å². The van der Waals surface area contributed by atoms with Crippen molar-refractivity contribution in [3.63, 3.8) is 0 Å². The van der Waals surface area contributed by atoms with Gasteiger partial charge in [0.1, 0.15) is 0 Å². The molecule has 0 rings (SSSR count). The van der Waals surface area contributed by atoms with Crippen molar-refractivity contribution < 1.29 is 14.3 Å². The highest BCUT2D eigenvalue weighted by atomic mass is 16.7. The average Bonchev–Trinajstić information content (AvgIpc) is 2.03. The Hall–Kier alpha value is -0.870. The van der Waals surface area contributed by atoms with Crippen molar-refractivity contribution in [2.45, 2.75) is 13.2 Å². The number of ether oxygens (including phenoxy) is 2. The first-order chi connectivity index (χ1) is 6.06. The van der Waals surface area contributed by atoms with Crippen molar-refractivity contribution in [2.24, 2.45) is 0 Å². The minimum absolute atomic E-state index is 0.461. The van der Waals surface area contributed by atoms with Gasteiger partial charge in [-0.15, -0.1) is 0 Å². The third kappa shape index (κ3) is 7.49. The summed E-state index contributed by atoms with van der Waals surface area (Å²) in [6.07, 6.45) is 0.608. The van der Waals surface area contributed by atoms with E-state index in [1.165, 1.54) is 0 Å². The van der Waals surface area contributed by atoms with Gasteiger partial charge in [0.2, 0.25) is 6.29 Å². The maximum Gasteiger partial charge on any atom is 0.332 e. The molecule has 0 bridgehead atoms. The second-order valence-electron chi connectivity index (χ2n) is 2.88. The summed E-state index contributed by atoms with van der Waals surface area (Å²) < 4.78 is 9.98. The molecular weight excluding hydrogens is 170 g/mol. The van der Waals surface area contributed by atoms with Gasteiger partial charge in [-0.3, -0.25) is 0 Å². The molecule has 0 radical (unpaired) electrons. The Balaban J connectivity index is 3.45. The minimum atomic E-state index is -0.509. The van der Waals surface area contributed by atoms with Gasteiger partial charge in [-0.2, -0.15) is 0 Å². The molecule has 0 aromatic rings. The third-order valence-electron chi connectivity index (χ3n) is 1.34. The maximum atomic E-state index is 10.7. The zero-order chi connectivity index (χ0) is 10.3. The van der Waals surface area contributed by atoms with E-state index in [1.54, 1.807) is 6.92 Å². The van der Waals surface area contributed by atoms with Gasteiger partial charge in [0.05, 0.1) is 6.61 Å². The van der Waals surface area contributed by atoms with Crippen LogP contribution in [0.3, 0.4) is 0 Å². The van der Waals surface area contributed by atoms with Crippen LogP contribution >= 0.6 is 0 Å². The van der Waals surface area contributed by atoms with Gasteiger partial charge in [-0.05, 0) is 21.0 Å². The lowest BCUT2D eigenvalue weighted by atomic mass is 10.6. The SMILES string of the molecule is C=CC(=O)OC(C)OCCN(C)C. The van der Waals surface area contributed by atoms with Gasteiger partial charge in [-0.25, -0.2) is 4.79 Å². The van der Waals surface area contributed by atoms with Gasteiger partial charge in [0.25, 0.3) is 0 Å². The fourth-order valence-electron chi connectivity index (χ4n) is 0.647. The molecule has 13 heavy (non-hydrogen) atoms. The Morgan fingerprint density at radius 1 is 1.62 bits per heavy atom. The van der Waals surface area contributed by atoms with E-state index in [0.29, 0.717) is 6.61 Å². The van der Waals surface area contributed by atoms with Crippen LogP contribution in [0.5, 0.6) is 0 Å². The summed E-state index contributed by atoms with van der Waals surface area (Å²) in [5.74, 6) is -0.461. The van der Waals surface area contributed by atoms with Gasteiger partial charge in [-0.1, -0.05) is 6.58 Å². The fourth-order valence-corrected chi connectivity index (χ4v) is 0.647. The first-order valence-electron chi connectivity index (χ1n) is 4.15. The number of nitrogens with zero attached hydrogens (tertiary/aromatic N) is 1. The average molecular weight is 187 g/mol. The Morgan fingerprint density at radius 3 is 2.69 bits per heavy atom. The van der Waals surface area contributed by atoms with Gasteiger partial charge in [0.15, 0.2) is 0 Å². The van der Waals surface area contributed by atoms with E-state index < -0.39 is 12.3 Å². The van der Waals surface area contributed by atoms with Crippen LogP contribution in [0, 0.1) is 0 Å². The van der Waals surface area contributed by atoms with E-state index in [0.717, 1.165) is 12.6 Å². The monoisotopic (exact) mass is 187 g/mol. The molecule has 0 amide bonds. The van der Waals surface area contributed by atoms with Crippen LogP contribution in [0.25, 0.3) is 0 Å². The summed E-state index contributed by atoms with van der Waals surface area (Å²) in [6.45, 7) is 6.30. The van der Waals surface area contributed by atoms with E-state index in [4.69, 9.17) is 9.47 Å². The molecule has 0 aliphatic heterocycles. The number of hydrogen-bond donors (Lipinski definition) is 0. The van der Waals surface area contributed by atoms with E-state index >= 15 is 0 Å². The van der Waals surface area contributed by atoms with Crippen LogP contribution in [0.4, 0.5) is 0 Å². The van der Waals surface area contributed by atoms with E-state index in [2.05, 4.69) is 6.58 Å². The standard InChI is InChI=1S/C9H17NO3/c1-5-9(11)13-8(2)12-7-6-10(3)4/h5,8H,1,6-7H2,2-4H3. The zero-order valence-corrected chi connectivity index (χ0v) is 8.45. The summed E-state index contributed by atoms with van der Waals surface area (Å²) in [4.78, 5) is 12.7. The predicted molar refractivity (Wildman–Crippen MR) is 50.3 cm³/mol. The summed E-state index contributed by atoms with van der Waals surface area (Å²) in [5, 5.41) is 0. The van der Waals surface area contributed by atoms with E-state index in [1.807, 2.05) is 19.0 Å². The Morgan fingerprint density at radius 2 is 2.23 bits per heavy atom. The molecule has 0 saturated heterocycles. The van der Waals surface area contributed by atoms with Crippen LogP contribution in [0.2, 0.25) is 0 Å². The fraction of sp³-hybridized carbons (Fsp3) is 0.667. The van der Waals surface area contributed by atoms with Crippen LogP contribution < -0.4 is 0 Å². The topological polar surface area (TPSA) is 38.8 Å². The highest BCUT2D eigenvalue weighted by Gasteiger charge is 2.05. The summed E-state index contributed by atoms with van der Waals surface area (Å²) in [6, 6.07) is 0. The normalized spacial score (nSPS) is 12.6. The van der Waals surface area contributed by atoms with Crippen molar-refractivity contribution in [2.75, 3.05) is 27.2 Å². The van der Waals surface area contributed by atoms with Crippen LogP contribution in [0.15, 0.2) is 12.7 Å². The highest BCUT2D eigenvalue weighted by Crippen LogP contribution is 1.94. The minimum Gasteiger partial charge on any atom is -0.433 e. The molecule has 4 nitrogen and oxygen atoms in total. The number of carbonyl (C=O) groups excluding carboxylic acids is 1. The second-order valence-corrected chi connectivity index (χ2v) is 2.88. The smallest absolute Gasteiger partial charge is 0.332 e. The van der Waals surface area contributed by atoms with Crippen molar-refractivity contribution in [1.29, 1.82) is 0 Å². The van der Waals surface area contributed by atoms with Gasteiger partial charge in [0, 0.05) is 12.6 Å². The van der Waals surface area contributed by atoms with E-state index in [9.17, 15) is 4.79 Å². The first-order valence-corrected chi connectivity index (χ1v) is 4.15. The van der Waals surface area contributed by atoms with Crippen LogP contribution in [-0.2, 0) is 14.3 Å². The number of carbonyl (C=O) groups is 1. The summed E-state index contributed by atoms with van der Waals surface area (Å²) in [5.41, 5.74) is 0. The molecule has 0 aliphatic rings. The number of likely N-dealkylation sites (N-methyl/N-ethyl adjacent to an activating group) is 1. The first kappa shape index (κ1) is 12.1. The third-order valence-corrected chi connectivity index (χ3v) is 1.34. The van der Waals surface area contributed by atoms with Crippen LogP contribution in [0.1, 0.15) is 6.92 Å². The molecule has 4 heteroatoms. The predicted octanol–water partition coefficient (Wildman–Crippen LogP) is 0.640. The number of esters is 1. The molecule has 0 aromatic carbocycles. The lowest BCUT2D eigenvalue weighted by Gasteiger charge is -2.14. The maximum absolute atomic E-state index is 10.7. The van der Waals surface area contributed by atoms with Crippen molar-refractivity contribution in [3.05, 3.63) is 12.7 Å². The van der Waals surface area contributed by atoms with Crippen molar-refractivity contribution >= 4 is 5.97 Å². The molecular formula is C9H17NO3. The Kier molecular flexibility index (Phi) is 6.18.